The van der Waals surface area contributed by atoms with Crippen molar-refractivity contribution in [2.75, 3.05) is 18.5 Å². The van der Waals surface area contributed by atoms with Crippen molar-refractivity contribution in [1.82, 2.24) is 0 Å². The molecule has 2 aromatic carbocycles. The van der Waals surface area contributed by atoms with Crippen LogP contribution in [-0.2, 0) is 11.2 Å². The minimum Gasteiger partial charge on any atom is -0.490 e. The molecule has 0 fully saturated rings. The highest BCUT2D eigenvalue weighted by Gasteiger charge is 2.15. The number of nitro groups is 1. The van der Waals surface area contributed by atoms with E-state index in [1.54, 1.807) is 12.1 Å². The van der Waals surface area contributed by atoms with Gasteiger partial charge in [0.15, 0.2) is 11.5 Å². The SMILES string of the molecule is CCCCOc1ccc(CCC(=O)Nc2ccccc2[N+](=O)[O-])cc1OCC. The first-order chi connectivity index (χ1) is 13.5. The molecule has 150 valence electrons. The minimum absolute atomic E-state index is 0.122. The zero-order chi connectivity index (χ0) is 20.4. The van der Waals surface area contributed by atoms with Crippen LogP contribution in [0.25, 0.3) is 0 Å². The van der Waals surface area contributed by atoms with Crippen molar-refractivity contribution < 1.29 is 19.2 Å². The fraction of sp³-hybridized carbons (Fsp3) is 0.381. The third-order valence-corrected chi connectivity index (χ3v) is 4.08. The number of nitrogens with one attached hydrogen (secondary N) is 1. The van der Waals surface area contributed by atoms with Crippen LogP contribution in [0.3, 0.4) is 0 Å². The van der Waals surface area contributed by atoms with Crippen molar-refractivity contribution in [3.8, 4) is 11.5 Å². The molecule has 28 heavy (non-hydrogen) atoms. The first-order valence-electron chi connectivity index (χ1n) is 9.47. The minimum atomic E-state index is -0.513. The van der Waals surface area contributed by atoms with E-state index >= 15 is 0 Å². The summed E-state index contributed by atoms with van der Waals surface area (Å²) in [5.74, 6) is 1.08. The maximum Gasteiger partial charge on any atom is 0.292 e. The van der Waals surface area contributed by atoms with Crippen LogP contribution in [0, 0.1) is 10.1 Å². The summed E-state index contributed by atoms with van der Waals surface area (Å²) < 4.78 is 11.4. The number of hydrogen-bond acceptors (Lipinski definition) is 5. The zero-order valence-corrected chi connectivity index (χ0v) is 16.3. The van der Waals surface area contributed by atoms with Gasteiger partial charge in [0.25, 0.3) is 5.69 Å². The van der Waals surface area contributed by atoms with Gasteiger partial charge in [-0.3, -0.25) is 14.9 Å². The Hall–Kier alpha value is -3.09. The van der Waals surface area contributed by atoms with Crippen LogP contribution >= 0.6 is 0 Å². The van der Waals surface area contributed by atoms with E-state index < -0.39 is 4.92 Å². The van der Waals surface area contributed by atoms with Gasteiger partial charge in [0.2, 0.25) is 5.91 Å². The molecular weight excluding hydrogens is 360 g/mol. The van der Waals surface area contributed by atoms with E-state index in [4.69, 9.17) is 9.47 Å². The Morgan fingerprint density at radius 2 is 1.89 bits per heavy atom. The maximum absolute atomic E-state index is 12.2. The summed E-state index contributed by atoms with van der Waals surface area (Å²) in [4.78, 5) is 22.7. The number of amides is 1. The van der Waals surface area contributed by atoms with E-state index in [1.165, 1.54) is 12.1 Å². The van der Waals surface area contributed by atoms with Gasteiger partial charge < -0.3 is 14.8 Å². The third-order valence-electron chi connectivity index (χ3n) is 4.08. The zero-order valence-electron chi connectivity index (χ0n) is 16.3. The average Bonchev–Trinajstić information content (AvgIpc) is 2.68. The van der Waals surface area contributed by atoms with Gasteiger partial charge >= 0.3 is 0 Å². The third kappa shape index (κ3) is 6.26. The molecule has 0 unspecified atom stereocenters. The van der Waals surface area contributed by atoms with Crippen LogP contribution in [0.1, 0.15) is 38.7 Å². The largest absolute Gasteiger partial charge is 0.490 e. The fourth-order valence-corrected chi connectivity index (χ4v) is 2.63. The normalized spacial score (nSPS) is 10.4. The summed E-state index contributed by atoms with van der Waals surface area (Å²) in [6.07, 6.45) is 2.71. The van der Waals surface area contributed by atoms with Gasteiger partial charge in [0.05, 0.1) is 18.1 Å². The van der Waals surface area contributed by atoms with Crippen molar-refractivity contribution in [3.05, 3.63) is 58.1 Å². The smallest absolute Gasteiger partial charge is 0.292 e. The molecule has 0 aromatic heterocycles. The summed E-state index contributed by atoms with van der Waals surface area (Å²) in [6, 6.07) is 11.7. The Morgan fingerprint density at radius 3 is 2.61 bits per heavy atom. The highest BCUT2D eigenvalue weighted by molar-refractivity contribution is 5.93. The molecule has 1 N–H and O–H groups in total. The summed E-state index contributed by atoms with van der Waals surface area (Å²) in [6.45, 7) is 5.16. The molecule has 0 spiro atoms. The maximum atomic E-state index is 12.2. The number of benzene rings is 2. The molecule has 0 aliphatic heterocycles. The lowest BCUT2D eigenvalue weighted by Gasteiger charge is -2.13. The van der Waals surface area contributed by atoms with Crippen molar-refractivity contribution in [3.63, 3.8) is 0 Å². The van der Waals surface area contributed by atoms with Gasteiger partial charge in [0.1, 0.15) is 5.69 Å². The first-order valence-corrected chi connectivity index (χ1v) is 9.47. The van der Waals surface area contributed by atoms with Crippen molar-refractivity contribution in [1.29, 1.82) is 0 Å². The quantitative estimate of drug-likeness (QED) is 0.342. The lowest BCUT2D eigenvalue weighted by molar-refractivity contribution is -0.383. The van der Waals surface area contributed by atoms with E-state index in [2.05, 4.69) is 12.2 Å². The number of ether oxygens (including phenoxy) is 2. The molecule has 1 amide bonds. The molecule has 7 heteroatoms. The van der Waals surface area contributed by atoms with Gasteiger partial charge in [-0.25, -0.2) is 0 Å². The highest BCUT2D eigenvalue weighted by Crippen LogP contribution is 2.29. The topological polar surface area (TPSA) is 90.7 Å². The molecule has 7 nitrogen and oxygen atoms in total. The number of rotatable bonds is 11. The van der Waals surface area contributed by atoms with Crippen LogP contribution in [0.15, 0.2) is 42.5 Å². The lowest BCUT2D eigenvalue weighted by Crippen LogP contribution is -2.13. The van der Waals surface area contributed by atoms with Crippen LogP contribution in [0.5, 0.6) is 11.5 Å². The summed E-state index contributed by atoms with van der Waals surface area (Å²) in [5, 5.41) is 13.6. The van der Waals surface area contributed by atoms with Crippen molar-refractivity contribution in [2.24, 2.45) is 0 Å². The summed E-state index contributed by atoms with van der Waals surface area (Å²) in [5.41, 5.74) is 1.01. The lowest BCUT2D eigenvalue weighted by atomic mass is 10.1. The molecule has 2 rings (SSSR count). The molecule has 0 aliphatic carbocycles. The Bertz CT molecular complexity index is 807. The van der Waals surface area contributed by atoms with Crippen molar-refractivity contribution >= 4 is 17.3 Å². The molecule has 0 bridgehead atoms. The number of hydrogen-bond donors (Lipinski definition) is 1. The van der Waals surface area contributed by atoms with E-state index in [1.807, 2.05) is 25.1 Å². The molecule has 2 aromatic rings. The molecule has 0 saturated heterocycles. The Morgan fingerprint density at radius 1 is 1.11 bits per heavy atom. The number of nitrogens with zero attached hydrogens (tertiary/aromatic N) is 1. The number of carbonyl (C=O) groups is 1. The Labute approximate surface area is 164 Å². The number of para-hydroxylation sites is 2. The Balaban J connectivity index is 1.98. The van der Waals surface area contributed by atoms with Gasteiger partial charge in [0, 0.05) is 12.5 Å². The van der Waals surface area contributed by atoms with Gasteiger partial charge in [-0.05, 0) is 43.5 Å². The number of nitro benzene ring substituents is 1. The second-order valence-electron chi connectivity index (χ2n) is 6.24. The fourth-order valence-electron chi connectivity index (χ4n) is 2.63. The highest BCUT2D eigenvalue weighted by atomic mass is 16.6. The molecule has 0 heterocycles. The van der Waals surface area contributed by atoms with E-state index in [0.717, 1.165) is 18.4 Å². The van der Waals surface area contributed by atoms with Gasteiger partial charge in [-0.2, -0.15) is 0 Å². The average molecular weight is 386 g/mol. The van der Waals surface area contributed by atoms with Gasteiger partial charge in [-0.1, -0.05) is 31.5 Å². The molecular formula is C21H26N2O5. The van der Waals surface area contributed by atoms with E-state index in [9.17, 15) is 14.9 Å². The Kier molecular flexibility index (Phi) is 8.27. The number of aryl methyl sites for hydroxylation is 1. The molecule has 0 atom stereocenters. The molecule has 0 saturated carbocycles. The standard InChI is InChI=1S/C21H26N2O5/c1-3-5-14-28-19-12-10-16(15-20(19)27-4-2)11-13-21(24)22-17-8-6-7-9-18(17)23(25)26/h6-10,12,15H,3-5,11,13-14H2,1-2H3,(H,22,24). The van der Waals surface area contributed by atoms with Crippen LogP contribution < -0.4 is 14.8 Å². The van der Waals surface area contributed by atoms with Crippen LogP contribution in [-0.4, -0.2) is 24.0 Å². The van der Waals surface area contributed by atoms with E-state index in [0.29, 0.717) is 31.1 Å². The number of carbonyl (C=O) groups excluding carboxylic acids is 1. The first kappa shape index (κ1) is 21.2. The second-order valence-corrected chi connectivity index (χ2v) is 6.24. The predicted molar refractivity (Wildman–Crippen MR) is 108 cm³/mol. The number of unbranched alkanes of at least 4 members (excludes halogenated alkanes) is 1. The second kappa shape index (κ2) is 10.9. The summed E-state index contributed by atoms with van der Waals surface area (Å²) >= 11 is 0. The predicted octanol–water partition coefficient (Wildman–Crippen LogP) is 4.74. The monoisotopic (exact) mass is 386 g/mol. The number of anilines is 1. The van der Waals surface area contributed by atoms with Crippen LogP contribution in [0.4, 0.5) is 11.4 Å². The van der Waals surface area contributed by atoms with Crippen molar-refractivity contribution in [2.45, 2.75) is 39.5 Å². The molecule has 0 aliphatic rings. The van der Waals surface area contributed by atoms with Gasteiger partial charge in [-0.15, -0.1) is 0 Å². The van der Waals surface area contributed by atoms with E-state index in [-0.39, 0.29) is 23.7 Å². The van der Waals surface area contributed by atoms with Crippen LogP contribution in [0.2, 0.25) is 0 Å². The molecule has 0 radical (unpaired) electrons. The summed E-state index contributed by atoms with van der Waals surface area (Å²) in [7, 11) is 0.